The van der Waals surface area contributed by atoms with Crippen molar-refractivity contribution in [2.45, 2.75) is 6.54 Å². The monoisotopic (exact) mass is 438 g/mol. The van der Waals surface area contributed by atoms with Crippen LogP contribution in [0.4, 0.5) is 4.39 Å². The van der Waals surface area contributed by atoms with E-state index in [2.05, 4.69) is 20.5 Å². The summed E-state index contributed by atoms with van der Waals surface area (Å²) < 4.78 is 15.2. The predicted molar refractivity (Wildman–Crippen MR) is 122 cm³/mol. The van der Waals surface area contributed by atoms with Crippen molar-refractivity contribution in [3.63, 3.8) is 0 Å². The van der Waals surface area contributed by atoms with E-state index in [1.807, 2.05) is 42.6 Å². The van der Waals surface area contributed by atoms with Crippen molar-refractivity contribution in [1.82, 2.24) is 30.3 Å². The van der Waals surface area contributed by atoms with Crippen molar-refractivity contribution < 1.29 is 9.18 Å². The van der Waals surface area contributed by atoms with Gasteiger partial charge in [0.15, 0.2) is 0 Å². The average Bonchev–Trinajstić information content (AvgIpc) is 3.52. The molecular weight excluding hydrogens is 419 g/mol. The first-order chi connectivity index (χ1) is 16.2. The molecule has 162 valence electrons. The fraction of sp³-hybridized carbons (Fsp3) is 0.0400. The van der Waals surface area contributed by atoms with Crippen molar-refractivity contribution >= 4 is 5.91 Å². The van der Waals surface area contributed by atoms with Crippen LogP contribution < -0.4 is 5.32 Å². The maximum absolute atomic E-state index is 13.5. The smallest absolute Gasteiger partial charge is 0.255 e. The molecule has 0 fully saturated rings. The third-order valence-electron chi connectivity index (χ3n) is 5.20. The molecule has 0 unspecified atom stereocenters. The maximum Gasteiger partial charge on any atom is 0.255 e. The van der Waals surface area contributed by atoms with Gasteiger partial charge in [-0.05, 0) is 48.5 Å². The minimum Gasteiger partial charge on any atom is -0.348 e. The predicted octanol–water partition coefficient (Wildman–Crippen LogP) is 4.39. The van der Waals surface area contributed by atoms with Gasteiger partial charge >= 0.3 is 0 Å². The summed E-state index contributed by atoms with van der Waals surface area (Å²) >= 11 is 0. The van der Waals surface area contributed by atoms with E-state index in [4.69, 9.17) is 5.10 Å². The Hall–Kier alpha value is -4.59. The van der Waals surface area contributed by atoms with Crippen LogP contribution in [0.25, 0.3) is 28.2 Å². The second-order valence-electron chi connectivity index (χ2n) is 7.37. The fourth-order valence-corrected chi connectivity index (χ4v) is 3.56. The molecule has 5 rings (SSSR count). The molecule has 7 nitrogen and oxygen atoms in total. The number of aromatic amines is 1. The van der Waals surface area contributed by atoms with Gasteiger partial charge in [0.2, 0.25) is 0 Å². The molecule has 0 aliphatic rings. The van der Waals surface area contributed by atoms with Gasteiger partial charge in [-0.2, -0.15) is 10.2 Å². The molecule has 0 spiro atoms. The lowest BCUT2D eigenvalue weighted by Crippen LogP contribution is -2.23. The third kappa shape index (κ3) is 4.27. The first-order valence-electron chi connectivity index (χ1n) is 10.3. The maximum atomic E-state index is 13.5. The number of aromatic nitrogens is 5. The zero-order valence-corrected chi connectivity index (χ0v) is 17.4. The molecule has 0 atom stereocenters. The summed E-state index contributed by atoms with van der Waals surface area (Å²) in [5.74, 6) is -0.598. The molecular formula is C25H19FN6O. The Morgan fingerprint density at radius 1 is 0.970 bits per heavy atom. The summed E-state index contributed by atoms with van der Waals surface area (Å²) in [6, 6.07) is 19.5. The van der Waals surface area contributed by atoms with Gasteiger partial charge < -0.3 is 5.32 Å². The first kappa shape index (κ1) is 20.3. The Labute approximate surface area is 188 Å². The number of halogens is 1. The van der Waals surface area contributed by atoms with E-state index in [9.17, 15) is 9.18 Å². The summed E-state index contributed by atoms with van der Waals surface area (Å²) in [6.45, 7) is 0.232. The average molecular weight is 438 g/mol. The quantitative estimate of drug-likeness (QED) is 0.411. The van der Waals surface area contributed by atoms with Crippen molar-refractivity contribution in [3.8, 4) is 28.2 Å². The number of carbonyl (C=O) groups excluding carboxylic acids is 1. The van der Waals surface area contributed by atoms with Crippen LogP contribution in [0.1, 0.15) is 15.9 Å². The number of benzene rings is 2. The Kier molecular flexibility index (Phi) is 5.47. The van der Waals surface area contributed by atoms with Gasteiger partial charge in [0, 0.05) is 41.8 Å². The highest BCUT2D eigenvalue weighted by molar-refractivity contribution is 5.99. The number of pyridine rings is 1. The van der Waals surface area contributed by atoms with Gasteiger partial charge in [-0.3, -0.25) is 14.9 Å². The number of amides is 1. The number of H-pyrrole nitrogens is 1. The van der Waals surface area contributed by atoms with Crippen molar-refractivity contribution in [2.75, 3.05) is 0 Å². The van der Waals surface area contributed by atoms with Crippen LogP contribution in [0.15, 0.2) is 91.5 Å². The van der Waals surface area contributed by atoms with E-state index in [0.717, 1.165) is 22.4 Å². The molecule has 2 aromatic carbocycles. The van der Waals surface area contributed by atoms with E-state index < -0.39 is 0 Å². The van der Waals surface area contributed by atoms with Gasteiger partial charge in [-0.1, -0.05) is 18.2 Å². The molecule has 5 aromatic rings. The standard InChI is InChI=1S/C25H19FN6O/c26-20-10-8-17(9-11-20)23-19(16-32(31-23)21-6-2-1-3-7-21)14-28-25(33)22-15-29-30-24(22)18-5-4-12-27-13-18/h1-13,15-16H,14H2,(H,28,33)(H,29,30). The van der Waals surface area contributed by atoms with E-state index >= 15 is 0 Å². The molecule has 0 saturated heterocycles. The fourth-order valence-electron chi connectivity index (χ4n) is 3.56. The van der Waals surface area contributed by atoms with Gasteiger partial charge in [-0.25, -0.2) is 9.07 Å². The number of nitrogens with one attached hydrogen (secondary N) is 2. The van der Waals surface area contributed by atoms with Crippen LogP contribution in [0.2, 0.25) is 0 Å². The first-order valence-corrected chi connectivity index (χ1v) is 10.3. The van der Waals surface area contributed by atoms with Crippen LogP contribution in [-0.2, 0) is 6.54 Å². The molecule has 3 aromatic heterocycles. The molecule has 0 saturated carbocycles. The van der Waals surface area contributed by atoms with Crippen LogP contribution in [0.5, 0.6) is 0 Å². The molecule has 0 bridgehead atoms. The Morgan fingerprint density at radius 2 is 1.79 bits per heavy atom. The normalized spacial score (nSPS) is 10.8. The molecule has 0 radical (unpaired) electrons. The number of rotatable bonds is 6. The van der Waals surface area contributed by atoms with E-state index in [0.29, 0.717) is 17.0 Å². The highest BCUT2D eigenvalue weighted by Crippen LogP contribution is 2.25. The summed E-state index contributed by atoms with van der Waals surface area (Å²) in [6.07, 6.45) is 6.69. The number of para-hydroxylation sites is 1. The van der Waals surface area contributed by atoms with Gasteiger partial charge in [0.05, 0.1) is 28.8 Å². The lowest BCUT2D eigenvalue weighted by molar-refractivity contribution is 0.0951. The van der Waals surface area contributed by atoms with Crippen molar-refractivity contribution in [3.05, 3.63) is 108 Å². The molecule has 0 aliphatic heterocycles. The molecule has 3 heterocycles. The Balaban J connectivity index is 1.44. The minimum atomic E-state index is -0.320. The van der Waals surface area contributed by atoms with E-state index in [1.165, 1.54) is 18.3 Å². The lowest BCUT2D eigenvalue weighted by atomic mass is 10.1. The number of hydrogen-bond donors (Lipinski definition) is 2. The summed E-state index contributed by atoms with van der Waals surface area (Å²) in [5.41, 5.74) is 4.89. The molecule has 33 heavy (non-hydrogen) atoms. The molecule has 1 amide bonds. The second kappa shape index (κ2) is 8.88. The van der Waals surface area contributed by atoms with Gasteiger partial charge in [0.25, 0.3) is 5.91 Å². The summed E-state index contributed by atoms with van der Waals surface area (Å²) in [7, 11) is 0. The third-order valence-corrected chi connectivity index (χ3v) is 5.20. The highest BCUT2D eigenvalue weighted by Gasteiger charge is 2.18. The van der Waals surface area contributed by atoms with Crippen LogP contribution >= 0.6 is 0 Å². The van der Waals surface area contributed by atoms with Crippen molar-refractivity contribution in [2.24, 2.45) is 0 Å². The van der Waals surface area contributed by atoms with Crippen molar-refractivity contribution in [1.29, 1.82) is 0 Å². The topological polar surface area (TPSA) is 88.5 Å². The number of carbonyl (C=O) groups is 1. The Morgan fingerprint density at radius 3 is 2.55 bits per heavy atom. The molecule has 8 heteroatoms. The van der Waals surface area contributed by atoms with Gasteiger partial charge in [0.1, 0.15) is 5.82 Å². The lowest BCUT2D eigenvalue weighted by Gasteiger charge is -2.06. The Bertz CT molecular complexity index is 1380. The number of nitrogens with zero attached hydrogens (tertiary/aromatic N) is 4. The SMILES string of the molecule is O=C(NCc1cn(-c2ccccc2)nc1-c1ccc(F)cc1)c1cn[nH]c1-c1cccnc1. The summed E-state index contributed by atoms with van der Waals surface area (Å²) in [5, 5.41) is 14.5. The minimum absolute atomic E-state index is 0.232. The zero-order chi connectivity index (χ0) is 22.6. The number of hydrogen-bond acceptors (Lipinski definition) is 4. The van der Waals surface area contributed by atoms with E-state index in [-0.39, 0.29) is 18.3 Å². The summed E-state index contributed by atoms with van der Waals surface area (Å²) in [4.78, 5) is 17.1. The second-order valence-corrected chi connectivity index (χ2v) is 7.37. The highest BCUT2D eigenvalue weighted by atomic mass is 19.1. The van der Waals surface area contributed by atoms with Gasteiger partial charge in [-0.15, -0.1) is 0 Å². The molecule has 0 aliphatic carbocycles. The van der Waals surface area contributed by atoms with Crippen LogP contribution in [0.3, 0.4) is 0 Å². The van der Waals surface area contributed by atoms with E-state index in [1.54, 1.807) is 35.3 Å². The van der Waals surface area contributed by atoms with Crippen LogP contribution in [-0.4, -0.2) is 30.9 Å². The molecule has 2 N–H and O–H groups in total. The largest absolute Gasteiger partial charge is 0.348 e. The zero-order valence-electron chi connectivity index (χ0n) is 17.4. The van der Waals surface area contributed by atoms with Crippen LogP contribution in [0, 0.1) is 5.82 Å².